The topological polar surface area (TPSA) is 107 Å². The van der Waals surface area contributed by atoms with Crippen LogP contribution < -0.4 is 10.1 Å². The van der Waals surface area contributed by atoms with Gasteiger partial charge in [-0.2, -0.15) is 0 Å². The van der Waals surface area contributed by atoms with Crippen molar-refractivity contribution in [1.29, 1.82) is 0 Å². The molecule has 0 aliphatic carbocycles. The van der Waals surface area contributed by atoms with Crippen molar-refractivity contribution in [3.8, 4) is 5.75 Å². The van der Waals surface area contributed by atoms with E-state index in [9.17, 15) is 4.79 Å². The van der Waals surface area contributed by atoms with Crippen LogP contribution in [0.15, 0.2) is 63.7 Å². The molecule has 1 N–H and O–H groups in total. The maximum absolute atomic E-state index is 12.9. The molecule has 0 spiro atoms. The first-order valence-corrected chi connectivity index (χ1v) is 11.1. The number of fused-ring (bicyclic) bond motifs is 1. The summed E-state index contributed by atoms with van der Waals surface area (Å²) in [5.74, 6) is 0.983. The number of methoxy groups -OCH3 is 1. The number of hydrogen-bond donors (Lipinski definition) is 1. The Morgan fingerprint density at radius 3 is 2.47 bits per heavy atom. The largest absolute Gasteiger partial charge is 0.497 e. The van der Waals surface area contributed by atoms with Gasteiger partial charge < -0.3 is 10.1 Å². The second kappa shape index (κ2) is 9.73. The van der Waals surface area contributed by atoms with Crippen LogP contribution in [0.25, 0.3) is 0 Å². The molecule has 4 rings (SSSR count). The fraction of sp³-hybridized carbons (Fsp3) is 0.273. The molecule has 1 amide bonds. The quantitative estimate of drug-likeness (QED) is 0.578. The van der Waals surface area contributed by atoms with Gasteiger partial charge >= 0.3 is 0 Å². The van der Waals surface area contributed by atoms with Crippen LogP contribution in [0, 0.1) is 0 Å². The number of ether oxygens (including phenoxy) is 1. The number of amides is 1. The third-order valence-electron chi connectivity index (χ3n) is 4.99. The maximum atomic E-state index is 12.9. The Hall–Kier alpha value is -3.53. The molecule has 0 saturated heterocycles. The number of aromatic nitrogens is 4. The number of carbonyl (C=O) groups is 1. The maximum Gasteiger partial charge on any atom is 0.235 e. The molecular formula is C22H23N7O2S. The lowest BCUT2D eigenvalue weighted by Gasteiger charge is -2.21. The molecule has 0 bridgehead atoms. The standard InChI is InChI=1S/C22H23N7O2S/c1-4-16-20(14-9-11-15(31-3)12-10-14)21(24-18-8-6-5-7-17(18)23-16)25-19(30)13-32-22-26-27-28-29(22)2/h5-12,20H,4,13H2,1-3H3,(H,24,25,30)/t20-/m1/s1. The minimum absolute atomic E-state index is 0.156. The Kier molecular flexibility index (Phi) is 6.60. The van der Waals surface area contributed by atoms with Crippen LogP contribution >= 0.6 is 11.8 Å². The number of hydrogen-bond acceptors (Lipinski definition) is 8. The molecule has 2 aromatic carbocycles. The molecule has 0 radical (unpaired) electrons. The molecule has 9 nitrogen and oxygen atoms in total. The summed E-state index contributed by atoms with van der Waals surface area (Å²) in [7, 11) is 3.36. The lowest BCUT2D eigenvalue weighted by Crippen LogP contribution is -2.38. The molecule has 1 aliphatic rings. The summed E-state index contributed by atoms with van der Waals surface area (Å²) in [6.45, 7) is 2.06. The van der Waals surface area contributed by atoms with Crippen LogP contribution in [0.5, 0.6) is 5.75 Å². The van der Waals surface area contributed by atoms with E-state index in [4.69, 9.17) is 14.7 Å². The summed E-state index contributed by atoms with van der Waals surface area (Å²) in [6, 6.07) is 15.4. The molecular weight excluding hydrogens is 426 g/mol. The number of carbonyl (C=O) groups excluding carboxylic acids is 1. The van der Waals surface area contributed by atoms with E-state index < -0.39 is 0 Å². The second-order valence-corrected chi connectivity index (χ2v) is 8.01. The van der Waals surface area contributed by atoms with Crippen LogP contribution in [-0.4, -0.2) is 50.5 Å². The van der Waals surface area contributed by atoms with Gasteiger partial charge in [0.25, 0.3) is 0 Å². The van der Waals surface area contributed by atoms with E-state index in [0.717, 1.165) is 28.4 Å². The summed E-state index contributed by atoms with van der Waals surface area (Å²) in [5, 5.41) is 14.9. The second-order valence-electron chi connectivity index (χ2n) is 7.07. The molecule has 1 atom stereocenters. The van der Waals surface area contributed by atoms with Crippen molar-refractivity contribution in [1.82, 2.24) is 25.5 Å². The van der Waals surface area contributed by atoms with Crippen LogP contribution in [0.2, 0.25) is 0 Å². The van der Waals surface area contributed by atoms with Gasteiger partial charge in [0.1, 0.15) is 11.6 Å². The highest BCUT2D eigenvalue weighted by Gasteiger charge is 2.28. The van der Waals surface area contributed by atoms with Crippen molar-refractivity contribution in [3.05, 3.63) is 54.1 Å². The number of para-hydroxylation sites is 2. The van der Waals surface area contributed by atoms with Gasteiger partial charge in [0.15, 0.2) is 0 Å². The van der Waals surface area contributed by atoms with Gasteiger partial charge in [0.2, 0.25) is 11.1 Å². The number of benzene rings is 2. The van der Waals surface area contributed by atoms with E-state index in [2.05, 4.69) is 27.8 Å². The van der Waals surface area contributed by atoms with Gasteiger partial charge in [-0.05, 0) is 46.7 Å². The highest BCUT2D eigenvalue weighted by atomic mass is 32.2. The zero-order valence-corrected chi connectivity index (χ0v) is 18.8. The van der Waals surface area contributed by atoms with Crippen molar-refractivity contribution < 1.29 is 9.53 Å². The monoisotopic (exact) mass is 449 g/mol. The van der Waals surface area contributed by atoms with Crippen molar-refractivity contribution in [2.75, 3.05) is 12.9 Å². The Labute approximate surface area is 190 Å². The zero-order valence-electron chi connectivity index (χ0n) is 18.0. The van der Waals surface area contributed by atoms with Gasteiger partial charge in [-0.1, -0.05) is 43.0 Å². The molecule has 164 valence electrons. The minimum Gasteiger partial charge on any atom is -0.497 e. The van der Waals surface area contributed by atoms with Crippen molar-refractivity contribution in [2.45, 2.75) is 24.4 Å². The number of tetrazole rings is 1. The summed E-state index contributed by atoms with van der Waals surface area (Å²) in [6.07, 6.45) is 0.708. The Morgan fingerprint density at radius 2 is 1.84 bits per heavy atom. The number of aliphatic imine (C=N–C) groups is 2. The van der Waals surface area contributed by atoms with Crippen LogP contribution in [0.1, 0.15) is 24.8 Å². The average Bonchev–Trinajstić information content (AvgIpc) is 3.15. The Balaban J connectivity index is 1.67. The molecule has 3 aromatic rings. The number of rotatable bonds is 6. The molecule has 1 aromatic heterocycles. The van der Waals surface area contributed by atoms with Crippen LogP contribution in [-0.2, 0) is 11.8 Å². The van der Waals surface area contributed by atoms with Gasteiger partial charge in [-0.25, -0.2) is 9.67 Å². The van der Waals surface area contributed by atoms with E-state index >= 15 is 0 Å². The van der Waals surface area contributed by atoms with Crippen molar-refractivity contribution in [3.63, 3.8) is 0 Å². The molecule has 10 heteroatoms. The smallest absolute Gasteiger partial charge is 0.235 e. The molecule has 1 aliphatic heterocycles. The number of aryl methyl sites for hydroxylation is 1. The van der Waals surface area contributed by atoms with Crippen molar-refractivity contribution in [2.24, 2.45) is 17.0 Å². The van der Waals surface area contributed by atoms with Crippen molar-refractivity contribution >= 4 is 40.6 Å². The minimum atomic E-state index is -0.288. The summed E-state index contributed by atoms with van der Waals surface area (Å²) >= 11 is 1.26. The lowest BCUT2D eigenvalue weighted by atomic mass is 9.91. The first-order valence-electron chi connectivity index (χ1n) is 10.1. The number of amidine groups is 1. The molecule has 0 fully saturated rings. The third kappa shape index (κ3) is 4.70. The highest BCUT2D eigenvalue weighted by Crippen LogP contribution is 2.35. The molecule has 2 heterocycles. The number of nitrogens with zero attached hydrogens (tertiary/aromatic N) is 6. The molecule has 0 saturated carbocycles. The fourth-order valence-corrected chi connectivity index (χ4v) is 4.06. The molecule has 32 heavy (non-hydrogen) atoms. The summed E-state index contributed by atoms with van der Waals surface area (Å²) in [4.78, 5) is 22.6. The fourth-order valence-electron chi connectivity index (χ4n) is 3.41. The highest BCUT2D eigenvalue weighted by molar-refractivity contribution is 7.99. The van der Waals surface area contributed by atoms with E-state index in [1.807, 2.05) is 48.5 Å². The van der Waals surface area contributed by atoms with E-state index in [0.29, 0.717) is 17.4 Å². The van der Waals surface area contributed by atoms with Gasteiger partial charge in [-0.3, -0.25) is 9.79 Å². The average molecular weight is 450 g/mol. The lowest BCUT2D eigenvalue weighted by molar-refractivity contribution is -0.117. The Morgan fingerprint density at radius 1 is 1.12 bits per heavy atom. The van der Waals surface area contributed by atoms with Crippen LogP contribution in [0.4, 0.5) is 11.4 Å². The predicted molar refractivity (Wildman–Crippen MR) is 124 cm³/mol. The van der Waals surface area contributed by atoms with Gasteiger partial charge in [-0.15, -0.1) is 5.10 Å². The van der Waals surface area contributed by atoms with E-state index in [1.165, 1.54) is 16.4 Å². The zero-order chi connectivity index (χ0) is 22.5. The third-order valence-corrected chi connectivity index (χ3v) is 6.00. The molecule has 0 unspecified atom stereocenters. The first kappa shape index (κ1) is 21.7. The van der Waals surface area contributed by atoms with Gasteiger partial charge in [0.05, 0.1) is 30.2 Å². The first-order chi connectivity index (χ1) is 15.6. The number of nitrogens with one attached hydrogen (secondary N) is 1. The number of thioether (sulfide) groups is 1. The van der Waals surface area contributed by atoms with E-state index in [1.54, 1.807) is 14.2 Å². The van der Waals surface area contributed by atoms with Gasteiger partial charge in [0, 0.05) is 12.8 Å². The van der Waals surface area contributed by atoms with E-state index in [-0.39, 0.29) is 17.6 Å². The SMILES string of the molecule is CCC1=Nc2ccccc2N=C(NC(=O)CSc2nnnn2C)[C@@H]1c1ccc(OC)cc1. The van der Waals surface area contributed by atoms with Crippen LogP contribution in [0.3, 0.4) is 0 Å². The normalized spacial score (nSPS) is 15.3. The Bertz CT molecular complexity index is 1170. The summed E-state index contributed by atoms with van der Waals surface area (Å²) in [5.41, 5.74) is 3.40. The summed E-state index contributed by atoms with van der Waals surface area (Å²) < 4.78 is 6.83. The predicted octanol–water partition coefficient (Wildman–Crippen LogP) is 3.44.